The van der Waals surface area contributed by atoms with Crippen LogP contribution in [0.4, 0.5) is 37.7 Å². The smallest absolute Gasteiger partial charge is 0.339 e. The van der Waals surface area contributed by atoms with E-state index in [4.69, 9.17) is 0 Å². The number of nitrogens with zero attached hydrogens (tertiary/aromatic N) is 1. The third kappa shape index (κ3) is 3.15. The van der Waals surface area contributed by atoms with Crippen molar-refractivity contribution < 1.29 is 26.3 Å². The van der Waals surface area contributed by atoms with E-state index in [2.05, 4.69) is 0 Å². The van der Waals surface area contributed by atoms with Crippen LogP contribution in [0.5, 0.6) is 0 Å². The van der Waals surface area contributed by atoms with Crippen LogP contribution in [0.2, 0.25) is 0 Å². The van der Waals surface area contributed by atoms with Gasteiger partial charge in [0.05, 0.1) is 22.5 Å². The lowest BCUT2D eigenvalue weighted by Gasteiger charge is -2.35. The topological polar surface area (TPSA) is 3.24 Å². The predicted octanol–water partition coefficient (Wildman–Crippen LogP) is 6.96. The Morgan fingerprint density at radius 3 is 1.46 bits per heavy atom. The van der Waals surface area contributed by atoms with Crippen LogP contribution in [0.1, 0.15) is 29.2 Å². The van der Waals surface area contributed by atoms with Crippen molar-refractivity contribution >= 4 is 23.1 Å². The Morgan fingerprint density at radius 1 is 0.769 bits per heavy atom. The van der Waals surface area contributed by atoms with Gasteiger partial charge in [-0.25, -0.2) is 0 Å². The summed E-state index contributed by atoms with van der Waals surface area (Å²) in [6.45, 7) is 5.42. The van der Waals surface area contributed by atoms with Crippen molar-refractivity contribution in [2.45, 2.75) is 42.9 Å². The van der Waals surface area contributed by atoms with Crippen LogP contribution in [-0.2, 0) is 12.4 Å². The molecule has 0 aliphatic carbocycles. The normalized spacial score (nSPS) is 14.3. The van der Waals surface area contributed by atoms with Gasteiger partial charge in [-0.2, -0.15) is 26.3 Å². The van der Waals surface area contributed by atoms with Gasteiger partial charge in [0.1, 0.15) is 0 Å². The molecule has 26 heavy (non-hydrogen) atoms. The average molecular weight is 391 g/mol. The van der Waals surface area contributed by atoms with Crippen molar-refractivity contribution in [1.82, 2.24) is 0 Å². The highest BCUT2D eigenvalue weighted by Crippen LogP contribution is 2.53. The minimum Gasteiger partial charge on any atom is -0.339 e. The van der Waals surface area contributed by atoms with E-state index in [0.717, 1.165) is 36.0 Å². The first-order valence-corrected chi connectivity index (χ1v) is 8.64. The summed E-state index contributed by atoms with van der Waals surface area (Å²) < 4.78 is 78.8. The molecule has 0 atom stereocenters. The zero-order valence-corrected chi connectivity index (χ0v) is 15.0. The van der Waals surface area contributed by atoms with Gasteiger partial charge in [-0.3, -0.25) is 0 Å². The summed E-state index contributed by atoms with van der Waals surface area (Å²) in [5.41, 5.74) is 0.499. The lowest BCUT2D eigenvalue weighted by atomic mass is 10.0. The first-order chi connectivity index (χ1) is 11.9. The molecule has 0 radical (unpaired) electrons. The summed E-state index contributed by atoms with van der Waals surface area (Å²) in [6, 6.07) is 4.17. The first kappa shape index (κ1) is 18.9. The third-order valence-corrected chi connectivity index (χ3v) is 5.32. The molecule has 140 valence electrons. The molecule has 0 saturated heterocycles. The van der Waals surface area contributed by atoms with Gasteiger partial charge in [0.25, 0.3) is 0 Å². The molecule has 8 heteroatoms. The Balaban J connectivity index is 2.23. The SMILES string of the molecule is CCN1c2c(C)cc(C(F)(F)F)cc2Sc2cc(C(F)(F)F)cc(C)c21. The zero-order valence-electron chi connectivity index (χ0n) is 14.1. The lowest BCUT2D eigenvalue weighted by molar-refractivity contribution is -0.138. The van der Waals surface area contributed by atoms with E-state index >= 15 is 0 Å². The fourth-order valence-corrected chi connectivity index (χ4v) is 4.56. The molecule has 0 bridgehead atoms. The van der Waals surface area contributed by atoms with Crippen LogP contribution in [0, 0.1) is 13.8 Å². The van der Waals surface area contributed by atoms with Crippen molar-refractivity contribution in [1.29, 1.82) is 0 Å². The maximum atomic E-state index is 13.1. The van der Waals surface area contributed by atoms with E-state index in [0.29, 0.717) is 38.8 Å². The Hall–Kier alpha value is -1.83. The largest absolute Gasteiger partial charge is 0.416 e. The lowest BCUT2D eigenvalue weighted by Crippen LogP contribution is -2.23. The van der Waals surface area contributed by atoms with Gasteiger partial charge in [-0.05, 0) is 56.2 Å². The minimum atomic E-state index is -4.51. The molecular formula is C18H15F6NS. The van der Waals surface area contributed by atoms with Gasteiger partial charge >= 0.3 is 12.4 Å². The van der Waals surface area contributed by atoms with Gasteiger partial charge in [-0.1, -0.05) is 11.8 Å². The zero-order chi connectivity index (χ0) is 19.4. The van der Waals surface area contributed by atoms with Crippen LogP contribution in [0.3, 0.4) is 0 Å². The fourth-order valence-electron chi connectivity index (χ4n) is 3.22. The van der Waals surface area contributed by atoms with E-state index in [1.165, 1.54) is 0 Å². The summed E-state index contributed by atoms with van der Waals surface area (Å²) in [4.78, 5) is 2.40. The van der Waals surface area contributed by atoms with Gasteiger partial charge in [0.15, 0.2) is 0 Å². The van der Waals surface area contributed by atoms with Gasteiger partial charge < -0.3 is 4.90 Å². The maximum absolute atomic E-state index is 13.1. The number of hydrogen-bond acceptors (Lipinski definition) is 2. The van der Waals surface area contributed by atoms with E-state index in [1.54, 1.807) is 18.7 Å². The Morgan fingerprint density at radius 2 is 1.15 bits per heavy atom. The van der Waals surface area contributed by atoms with Crippen molar-refractivity contribution in [2.75, 3.05) is 11.4 Å². The molecule has 0 amide bonds. The molecule has 0 aromatic heterocycles. The maximum Gasteiger partial charge on any atom is 0.416 e. The van der Waals surface area contributed by atoms with E-state index in [9.17, 15) is 26.3 Å². The highest BCUT2D eigenvalue weighted by atomic mass is 32.2. The monoisotopic (exact) mass is 391 g/mol. The number of anilines is 2. The summed E-state index contributed by atoms with van der Waals surface area (Å²) in [5, 5.41) is 0. The average Bonchev–Trinajstić information content (AvgIpc) is 2.50. The molecule has 0 fully saturated rings. The number of rotatable bonds is 1. The fraction of sp³-hybridized carbons (Fsp3) is 0.333. The molecule has 2 aromatic rings. The molecule has 0 spiro atoms. The van der Waals surface area contributed by atoms with Gasteiger partial charge in [0.2, 0.25) is 0 Å². The molecule has 1 nitrogen and oxygen atoms in total. The summed E-state index contributed by atoms with van der Waals surface area (Å²) in [6.07, 6.45) is -9.02. The molecular weight excluding hydrogens is 376 g/mol. The van der Waals surface area contributed by atoms with E-state index in [1.807, 2.05) is 6.92 Å². The molecule has 0 N–H and O–H groups in total. The second-order valence-electron chi connectivity index (χ2n) is 6.12. The van der Waals surface area contributed by atoms with Crippen molar-refractivity contribution in [2.24, 2.45) is 0 Å². The van der Waals surface area contributed by atoms with E-state index in [-0.39, 0.29) is 0 Å². The van der Waals surface area contributed by atoms with Crippen LogP contribution < -0.4 is 4.90 Å². The number of aryl methyl sites for hydroxylation is 2. The van der Waals surface area contributed by atoms with Gasteiger partial charge in [0, 0.05) is 16.3 Å². The summed E-state index contributed by atoms with van der Waals surface area (Å²) in [5.74, 6) is 0. The second-order valence-corrected chi connectivity index (χ2v) is 7.21. The first-order valence-electron chi connectivity index (χ1n) is 7.82. The summed E-state index contributed by atoms with van der Waals surface area (Å²) in [7, 11) is 0. The molecule has 1 heterocycles. The quantitative estimate of drug-likeness (QED) is 0.483. The van der Waals surface area contributed by atoms with Gasteiger partial charge in [-0.15, -0.1) is 0 Å². The van der Waals surface area contributed by atoms with E-state index < -0.39 is 23.5 Å². The van der Waals surface area contributed by atoms with Crippen LogP contribution >= 0.6 is 11.8 Å². The van der Waals surface area contributed by atoms with Crippen molar-refractivity contribution in [3.05, 3.63) is 46.5 Å². The molecule has 0 saturated carbocycles. The molecule has 0 unspecified atom stereocenters. The predicted molar refractivity (Wildman–Crippen MR) is 89.2 cm³/mol. The highest BCUT2D eigenvalue weighted by Gasteiger charge is 2.36. The van der Waals surface area contributed by atoms with Crippen molar-refractivity contribution in [3.63, 3.8) is 0 Å². The Bertz CT molecular complexity index is 800. The van der Waals surface area contributed by atoms with Crippen LogP contribution in [0.15, 0.2) is 34.1 Å². The third-order valence-electron chi connectivity index (χ3n) is 4.26. The minimum absolute atomic E-state index is 0.311. The number of hydrogen-bond donors (Lipinski definition) is 0. The molecule has 1 aliphatic rings. The standard InChI is InChI=1S/C18H15F6NS/c1-4-25-15-9(2)5-11(17(19,20)21)7-13(15)26-14-8-12(18(22,23)24)6-10(3)16(14)25/h5-8H,4H2,1-3H3. The Labute approximate surface area is 151 Å². The molecule has 3 rings (SSSR count). The van der Waals surface area contributed by atoms with Crippen molar-refractivity contribution in [3.8, 4) is 0 Å². The number of fused-ring (bicyclic) bond motifs is 2. The summed E-state index contributed by atoms with van der Waals surface area (Å²) >= 11 is 0.949. The Kier molecular flexibility index (Phi) is 4.45. The molecule has 1 aliphatic heterocycles. The van der Waals surface area contributed by atoms with Crippen LogP contribution in [-0.4, -0.2) is 6.54 Å². The number of benzene rings is 2. The number of alkyl halides is 6. The second kappa shape index (κ2) is 6.11. The highest BCUT2D eigenvalue weighted by molar-refractivity contribution is 7.99. The van der Waals surface area contributed by atoms with Crippen LogP contribution in [0.25, 0.3) is 0 Å². The molecule has 2 aromatic carbocycles. The number of halogens is 6.